The van der Waals surface area contributed by atoms with Crippen LogP contribution in [0.5, 0.6) is 0 Å². The molecule has 1 aromatic carbocycles. The van der Waals surface area contributed by atoms with E-state index in [2.05, 4.69) is 28.9 Å². The van der Waals surface area contributed by atoms with Crippen LogP contribution in [0.25, 0.3) is 0 Å². The highest BCUT2D eigenvalue weighted by Gasteiger charge is 2.10. The normalized spacial score (nSPS) is 12.9. The van der Waals surface area contributed by atoms with Gasteiger partial charge in [0.25, 0.3) is 0 Å². The smallest absolute Gasteiger partial charge is 0.0446 e. The number of benzene rings is 1. The van der Waals surface area contributed by atoms with E-state index in [0.717, 1.165) is 33.5 Å². The fourth-order valence-electron chi connectivity index (χ4n) is 1.43. The van der Waals surface area contributed by atoms with Gasteiger partial charge in [0.1, 0.15) is 0 Å². The Labute approximate surface area is 98.8 Å². The third kappa shape index (κ3) is 2.72. The molecule has 1 atom stereocenters. The van der Waals surface area contributed by atoms with Crippen molar-refractivity contribution < 1.29 is 0 Å². The lowest BCUT2D eigenvalue weighted by Gasteiger charge is -2.14. The molecule has 0 aliphatic carbocycles. The van der Waals surface area contributed by atoms with E-state index in [-0.39, 0.29) is 6.04 Å². The lowest BCUT2D eigenvalue weighted by Crippen LogP contribution is -2.10. The first-order valence-corrected chi connectivity index (χ1v) is 5.94. The van der Waals surface area contributed by atoms with Crippen LogP contribution in [0, 0.1) is 6.92 Å². The molecule has 0 saturated heterocycles. The van der Waals surface area contributed by atoms with Crippen molar-refractivity contribution >= 4 is 27.5 Å². The first-order chi connectivity index (χ1) is 6.56. The van der Waals surface area contributed by atoms with Crippen LogP contribution in [0.15, 0.2) is 16.6 Å². The fourth-order valence-corrected chi connectivity index (χ4v) is 2.36. The molecule has 14 heavy (non-hydrogen) atoms. The van der Waals surface area contributed by atoms with Gasteiger partial charge >= 0.3 is 0 Å². The van der Waals surface area contributed by atoms with Gasteiger partial charge in [0.05, 0.1) is 0 Å². The number of aryl methyl sites for hydroxylation is 1. The Bertz CT molecular complexity index is 325. The molecule has 0 spiro atoms. The molecule has 3 heteroatoms. The lowest BCUT2D eigenvalue weighted by molar-refractivity contribution is 0.635. The topological polar surface area (TPSA) is 26.0 Å². The molecule has 2 N–H and O–H groups in total. The molecule has 0 amide bonds. The predicted octanol–water partition coefficient (Wildman–Crippen LogP) is 4.21. The summed E-state index contributed by atoms with van der Waals surface area (Å²) in [6.07, 6.45) is 2.09. The zero-order valence-corrected chi connectivity index (χ0v) is 10.8. The number of rotatable bonds is 3. The summed E-state index contributed by atoms with van der Waals surface area (Å²) in [6.45, 7) is 4.13. The van der Waals surface area contributed by atoms with Crippen LogP contribution < -0.4 is 5.73 Å². The van der Waals surface area contributed by atoms with Gasteiger partial charge in [-0.3, -0.25) is 0 Å². The predicted molar refractivity (Wildman–Crippen MR) is 65.7 cm³/mol. The zero-order valence-electron chi connectivity index (χ0n) is 8.48. The minimum Gasteiger partial charge on any atom is -0.324 e. The molecule has 0 aliphatic heterocycles. The van der Waals surface area contributed by atoms with Gasteiger partial charge in [-0.2, -0.15) is 0 Å². The molecule has 0 bridgehead atoms. The van der Waals surface area contributed by atoms with Gasteiger partial charge in [-0.25, -0.2) is 0 Å². The zero-order chi connectivity index (χ0) is 10.7. The summed E-state index contributed by atoms with van der Waals surface area (Å²) in [4.78, 5) is 0. The Morgan fingerprint density at radius 1 is 1.50 bits per heavy atom. The van der Waals surface area contributed by atoms with E-state index in [1.54, 1.807) is 0 Å². The Morgan fingerprint density at radius 3 is 2.71 bits per heavy atom. The van der Waals surface area contributed by atoms with Crippen LogP contribution in [-0.4, -0.2) is 0 Å². The largest absolute Gasteiger partial charge is 0.324 e. The quantitative estimate of drug-likeness (QED) is 0.879. The molecule has 0 saturated carbocycles. The molecular formula is C11H15BrClN. The van der Waals surface area contributed by atoms with Gasteiger partial charge in [-0.15, -0.1) is 0 Å². The number of nitrogens with two attached hydrogens (primary N) is 1. The van der Waals surface area contributed by atoms with Crippen molar-refractivity contribution in [1.82, 2.24) is 0 Å². The molecule has 1 nitrogen and oxygen atoms in total. The highest BCUT2D eigenvalue weighted by atomic mass is 79.9. The van der Waals surface area contributed by atoms with E-state index >= 15 is 0 Å². The fraction of sp³-hybridized carbons (Fsp3) is 0.455. The molecule has 0 radical (unpaired) electrons. The van der Waals surface area contributed by atoms with Gasteiger partial charge in [-0.05, 0) is 30.5 Å². The van der Waals surface area contributed by atoms with Crippen molar-refractivity contribution in [3.63, 3.8) is 0 Å². The van der Waals surface area contributed by atoms with E-state index in [4.69, 9.17) is 17.3 Å². The van der Waals surface area contributed by atoms with E-state index in [0.29, 0.717) is 0 Å². The van der Waals surface area contributed by atoms with Crippen molar-refractivity contribution in [2.24, 2.45) is 5.73 Å². The standard InChI is InChI=1S/C11H15BrClN/c1-3-4-11(14)8-5-7(2)10(13)6-9(8)12/h5-6,11H,3-4,14H2,1-2H3. The van der Waals surface area contributed by atoms with Crippen LogP contribution in [0.4, 0.5) is 0 Å². The molecule has 0 fully saturated rings. The number of halogens is 2. The van der Waals surface area contributed by atoms with Gasteiger partial charge in [0.15, 0.2) is 0 Å². The Morgan fingerprint density at radius 2 is 2.14 bits per heavy atom. The van der Waals surface area contributed by atoms with E-state index in [1.807, 2.05) is 13.0 Å². The Kier molecular flexibility index (Phi) is 4.42. The minimum atomic E-state index is 0.102. The lowest BCUT2D eigenvalue weighted by atomic mass is 10.0. The van der Waals surface area contributed by atoms with Crippen molar-refractivity contribution in [2.75, 3.05) is 0 Å². The third-order valence-corrected chi connectivity index (χ3v) is 3.37. The van der Waals surface area contributed by atoms with Gasteiger partial charge in [0, 0.05) is 15.5 Å². The van der Waals surface area contributed by atoms with E-state index < -0.39 is 0 Å². The molecule has 0 aromatic heterocycles. The summed E-state index contributed by atoms with van der Waals surface area (Å²) >= 11 is 9.48. The minimum absolute atomic E-state index is 0.102. The van der Waals surface area contributed by atoms with Crippen LogP contribution in [-0.2, 0) is 0 Å². The van der Waals surface area contributed by atoms with Gasteiger partial charge in [0.2, 0.25) is 0 Å². The average Bonchev–Trinajstić information content (AvgIpc) is 2.11. The maximum Gasteiger partial charge on any atom is 0.0446 e. The number of hydrogen-bond donors (Lipinski definition) is 1. The highest BCUT2D eigenvalue weighted by molar-refractivity contribution is 9.10. The molecule has 1 unspecified atom stereocenters. The summed E-state index contributed by atoms with van der Waals surface area (Å²) < 4.78 is 1.01. The first-order valence-electron chi connectivity index (χ1n) is 4.77. The van der Waals surface area contributed by atoms with E-state index in [9.17, 15) is 0 Å². The summed E-state index contributed by atoms with van der Waals surface area (Å²) in [5.74, 6) is 0. The molecule has 0 heterocycles. The van der Waals surface area contributed by atoms with Crippen molar-refractivity contribution in [3.05, 3.63) is 32.8 Å². The first kappa shape index (κ1) is 12.0. The maximum atomic E-state index is 6.05. The second kappa shape index (κ2) is 5.15. The van der Waals surface area contributed by atoms with E-state index in [1.165, 1.54) is 0 Å². The van der Waals surface area contributed by atoms with Gasteiger partial charge in [-0.1, -0.05) is 46.9 Å². The van der Waals surface area contributed by atoms with Crippen LogP contribution in [0.2, 0.25) is 5.02 Å². The van der Waals surface area contributed by atoms with Crippen LogP contribution >= 0.6 is 27.5 Å². The second-order valence-corrected chi connectivity index (χ2v) is 4.78. The second-order valence-electron chi connectivity index (χ2n) is 3.52. The third-order valence-electron chi connectivity index (χ3n) is 2.28. The van der Waals surface area contributed by atoms with Crippen LogP contribution in [0.3, 0.4) is 0 Å². The average molecular weight is 277 g/mol. The van der Waals surface area contributed by atoms with Crippen molar-refractivity contribution in [2.45, 2.75) is 32.7 Å². The van der Waals surface area contributed by atoms with Crippen LogP contribution in [0.1, 0.15) is 36.9 Å². The van der Waals surface area contributed by atoms with Crippen molar-refractivity contribution in [1.29, 1.82) is 0 Å². The molecule has 1 rings (SSSR count). The summed E-state index contributed by atoms with van der Waals surface area (Å²) in [6, 6.07) is 4.08. The number of hydrogen-bond acceptors (Lipinski definition) is 1. The maximum absolute atomic E-state index is 6.05. The molecule has 1 aromatic rings. The van der Waals surface area contributed by atoms with Gasteiger partial charge < -0.3 is 5.73 Å². The summed E-state index contributed by atoms with van der Waals surface area (Å²) in [5, 5.41) is 0.782. The molecule has 0 aliphatic rings. The summed E-state index contributed by atoms with van der Waals surface area (Å²) in [5.41, 5.74) is 8.28. The van der Waals surface area contributed by atoms with Crippen molar-refractivity contribution in [3.8, 4) is 0 Å². The summed E-state index contributed by atoms with van der Waals surface area (Å²) in [7, 11) is 0. The Balaban J connectivity index is 3.02. The molecular weight excluding hydrogens is 261 g/mol. The Hall–Kier alpha value is -0.0500. The molecule has 78 valence electrons. The highest BCUT2D eigenvalue weighted by Crippen LogP contribution is 2.30. The monoisotopic (exact) mass is 275 g/mol. The SMILES string of the molecule is CCCC(N)c1cc(C)c(Cl)cc1Br.